The summed E-state index contributed by atoms with van der Waals surface area (Å²) in [5.74, 6) is 1.03. The maximum Gasteiger partial charge on any atom is 0.415 e. The molecule has 2 rings (SSSR count). The highest BCUT2D eigenvalue weighted by Crippen LogP contribution is 2.20. The molecule has 1 aliphatic rings. The summed E-state index contributed by atoms with van der Waals surface area (Å²) in [6.45, 7) is 8.63. The second-order valence-corrected chi connectivity index (χ2v) is 7.17. The van der Waals surface area contributed by atoms with Crippen molar-refractivity contribution < 1.29 is 14.3 Å². The van der Waals surface area contributed by atoms with Crippen LogP contribution in [-0.2, 0) is 4.74 Å². The van der Waals surface area contributed by atoms with Gasteiger partial charge in [-0.3, -0.25) is 0 Å². The summed E-state index contributed by atoms with van der Waals surface area (Å²) in [6, 6.07) is 6.83. The van der Waals surface area contributed by atoms with Crippen LogP contribution in [0.2, 0.25) is 5.02 Å². The SMILES string of the molecule is C=CCN(C)CCCOCC1CCN(C(=O)Oc2ccc(Cl)cc2)CC1. The number of likely N-dealkylation sites (tertiary alicyclic amines) is 1. The molecule has 0 spiro atoms. The zero-order valence-electron chi connectivity index (χ0n) is 15.5. The molecule has 144 valence electrons. The van der Waals surface area contributed by atoms with Crippen LogP contribution in [-0.4, -0.2) is 62.3 Å². The van der Waals surface area contributed by atoms with Crippen LogP contribution in [0.15, 0.2) is 36.9 Å². The van der Waals surface area contributed by atoms with Gasteiger partial charge in [0.2, 0.25) is 0 Å². The van der Waals surface area contributed by atoms with Crippen molar-refractivity contribution in [2.24, 2.45) is 5.92 Å². The Kier molecular flexibility index (Phi) is 8.95. The molecule has 1 aromatic carbocycles. The van der Waals surface area contributed by atoms with Gasteiger partial charge in [-0.2, -0.15) is 0 Å². The number of likely N-dealkylation sites (N-methyl/N-ethyl adjacent to an activating group) is 1. The van der Waals surface area contributed by atoms with Crippen molar-refractivity contribution in [2.75, 3.05) is 46.4 Å². The Morgan fingerprint density at radius 3 is 2.69 bits per heavy atom. The molecule has 1 amide bonds. The maximum atomic E-state index is 12.2. The van der Waals surface area contributed by atoms with Crippen LogP contribution in [0.4, 0.5) is 4.79 Å². The minimum atomic E-state index is -0.294. The first kappa shape index (κ1) is 20.7. The highest BCUT2D eigenvalue weighted by Gasteiger charge is 2.24. The third-order valence-electron chi connectivity index (χ3n) is 4.51. The van der Waals surface area contributed by atoms with E-state index in [4.69, 9.17) is 21.1 Å². The number of carbonyl (C=O) groups is 1. The van der Waals surface area contributed by atoms with Crippen LogP contribution in [0.3, 0.4) is 0 Å². The van der Waals surface area contributed by atoms with E-state index < -0.39 is 0 Å². The third-order valence-corrected chi connectivity index (χ3v) is 4.77. The lowest BCUT2D eigenvalue weighted by Gasteiger charge is -2.31. The van der Waals surface area contributed by atoms with Crippen molar-refractivity contribution in [1.29, 1.82) is 0 Å². The van der Waals surface area contributed by atoms with Crippen LogP contribution < -0.4 is 4.74 Å². The molecule has 0 N–H and O–H groups in total. The fourth-order valence-electron chi connectivity index (χ4n) is 2.95. The smallest absolute Gasteiger partial charge is 0.410 e. The van der Waals surface area contributed by atoms with Crippen molar-refractivity contribution in [3.8, 4) is 5.75 Å². The van der Waals surface area contributed by atoms with E-state index in [0.717, 1.165) is 45.6 Å². The summed E-state index contributed by atoms with van der Waals surface area (Å²) >= 11 is 5.83. The number of hydrogen-bond donors (Lipinski definition) is 0. The van der Waals surface area contributed by atoms with E-state index in [1.165, 1.54) is 0 Å². The normalized spacial score (nSPS) is 15.3. The van der Waals surface area contributed by atoms with Gasteiger partial charge in [0.15, 0.2) is 0 Å². The molecule has 1 fully saturated rings. The Balaban J connectivity index is 1.59. The van der Waals surface area contributed by atoms with Gasteiger partial charge in [-0.05, 0) is 56.5 Å². The van der Waals surface area contributed by atoms with Crippen LogP contribution in [0.25, 0.3) is 0 Å². The molecule has 0 atom stereocenters. The van der Waals surface area contributed by atoms with Crippen LogP contribution in [0.5, 0.6) is 5.75 Å². The topological polar surface area (TPSA) is 42.0 Å². The summed E-state index contributed by atoms with van der Waals surface area (Å²) in [6.07, 6.45) is 4.54. The molecular formula is C20H29ClN2O3. The lowest BCUT2D eigenvalue weighted by Crippen LogP contribution is -2.41. The molecule has 1 saturated heterocycles. The van der Waals surface area contributed by atoms with Crippen LogP contribution in [0.1, 0.15) is 19.3 Å². The number of rotatable bonds is 9. The molecule has 0 bridgehead atoms. The van der Waals surface area contributed by atoms with Gasteiger partial charge in [0, 0.05) is 44.4 Å². The number of ether oxygens (including phenoxy) is 2. The third kappa shape index (κ3) is 7.36. The number of nitrogens with zero attached hydrogens (tertiary/aromatic N) is 2. The molecular weight excluding hydrogens is 352 g/mol. The van der Waals surface area contributed by atoms with Gasteiger partial charge in [-0.25, -0.2) is 4.79 Å². The van der Waals surface area contributed by atoms with E-state index in [-0.39, 0.29) is 6.09 Å². The number of benzene rings is 1. The zero-order valence-corrected chi connectivity index (χ0v) is 16.3. The predicted octanol–water partition coefficient (Wildman–Crippen LogP) is 4.08. The van der Waals surface area contributed by atoms with Gasteiger partial charge in [0.05, 0.1) is 0 Å². The molecule has 5 nitrogen and oxygen atoms in total. The molecule has 1 aromatic rings. The van der Waals surface area contributed by atoms with Gasteiger partial charge >= 0.3 is 6.09 Å². The monoisotopic (exact) mass is 380 g/mol. The largest absolute Gasteiger partial charge is 0.415 e. The average molecular weight is 381 g/mol. The number of piperidine rings is 1. The van der Waals surface area contributed by atoms with Crippen molar-refractivity contribution in [1.82, 2.24) is 9.80 Å². The minimum Gasteiger partial charge on any atom is -0.410 e. The molecule has 0 aromatic heterocycles. The maximum absolute atomic E-state index is 12.2. The predicted molar refractivity (Wildman–Crippen MR) is 105 cm³/mol. The first-order valence-corrected chi connectivity index (χ1v) is 9.56. The molecule has 0 saturated carbocycles. The number of carbonyl (C=O) groups excluding carboxylic acids is 1. The summed E-state index contributed by atoms with van der Waals surface area (Å²) in [5.41, 5.74) is 0. The summed E-state index contributed by atoms with van der Waals surface area (Å²) in [7, 11) is 2.08. The number of halogens is 1. The van der Waals surface area contributed by atoms with Crippen molar-refractivity contribution in [2.45, 2.75) is 19.3 Å². The molecule has 1 heterocycles. The standard InChI is InChI=1S/C20H29ClN2O3/c1-3-11-22(2)12-4-15-25-16-17-9-13-23(14-10-17)20(24)26-19-7-5-18(21)6-8-19/h3,5-8,17H,1,4,9-16H2,2H3. The zero-order chi connectivity index (χ0) is 18.8. The second kappa shape index (κ2) is 11.2. The van der Waals surface area contributed by atoms with Gasteiger partial charge in [-0.1, -0.05) is 17.7 Å². The van der Waals surface area contributed by atoms with Crippen LogP contribution >= 0.6 is 11.6 Å². The second-order valence-electron chi connectivity index (χ2n) is 6.73. The number of hydrogen-bond acceptors (Lipinski definition) is 4. The van der Waals surface area contributed by atoms with Gasteiger partial charge < -0.3 is 19.3 Å². The molecule has 0 unspecified atom stereocenters. The fraction of sp³-hybridized carbons (Fsp3) is 0.550. The molecule has 0 radical (unpaired) electrons. The highest BCUT2D eigenvalue weighted by molar-refractivity contribution is 6.30. The quantitative estimate of drug-likeness (QED) is 0.478. The summed E-state index contributed by atoms with van der Waals surface area (Å²) in [4.78, 5) is 16.2. The molecule has 0 aliphatic carbocycles. The van der Waals surface area contributed by atoms with E-state index >= 15 is 0 Å². The Bertz CT molecular complexity index is 557. The van der Waals surface area contributed by atoms with Crippen molar-refractivity contribution >= 4 is 17.7 Å². The first-order valence-electron chi connectivity index (χ1n) is 9.18. The van der Waals surface area contributed by atoms with Gasteiger partial charge in [0.25, 0.3) is 0 Å². The lowest BCUT2D eigenvalue weighted by atomic mass is 9.98. The summed E-state index contributed by atoms with van der Waals surface area (Å²) in [5, 5.41) is 0.623. The Morgan fingerprint density at radius 2 is 2.04 bits per heavy atom. The van der Waals surface area contributed by atoms with E-state index in [9.17, 15) is 4.79 Å². The molecule has 1 aliphatic heterocycles. The van der Waals surface area contributed by atoms with E-state index in [2.05, 4.69) is 18.5 Å². The van der Waals surface area contributed by atoms with Gasteiger partial charge in [0.1, 0.15) is 5.75 Å². The average Bonchev–Trinajstić information content (AvgIpc) is 2.64. The highest BCUT2D eigenvalue weighted by atomic mass is 35.5. The van der Waals surface area contributed by atoms with Crippen molar-refractivity contribution in [3.05, 3.63) is 41.9 Å². The minimum absolute atomic E-state index is 0.294. The van der Waals surface area contributed by atoms with Gasteiger partial charge in [-0.15, -0.1) is 6.58 Å². The molecule has 26 heavy (non-hydrogen) atoms. The Hall–Kier alpha value is -1.56. The fourth-order valence-corrected chi connectivity index (χ4v) is 3.07. The molecule has 6 heteroatoms. The van der Waals surface area contributed by atoms with E-state index in [1.54, 1.807) is 29.2 Å². The van der Waals surface area contributed by atoms with E-state index in [1.807, 2.05) is 6.08 Å². The lowest BCUT2D eigenvalue weighted by molar-refractivity contribution is 0.0630. The first-order chi connectivity index (χ1) is 12.6. The Morgan fingerprint density at radius 1 is 1.35 bits per heavy atom. The van der Waals surface area contributed by atoms with E-state index in [0.29, 0.717) is 29.8 Å². The van der Waals surface area contributed by atoms with Crippen molar-refractivity contribution in [3.63, 3.8) is 0 Å². The summed E-state index contributed by atoms with van der Waals surface area (Å²) < 4.78 is 11.2. The number of amides is 1. The van der Waals surface area contributed by atoms with Crippen LogP contribution in [0, 0.1) is 5.92 Å². The Labute approximate surface area is 161 Å².